The largest absolute Gasteiger partial charge is 0.352 e. The highest BCUT2D eigenvalue weighted by atomic mass is 16.2. The molecule has 4 nitrogen and oxygen atoms in total. The van der Waals surface area contributed by atoms with Crippen LogP contribution in [0.4, 0.5) is 0 Å². The van der Waals surface area contributed by atoms with Crippen LogP contribution < -0.4 is 10.6 Å². The Balaban J connectivity index is 1.65. The van der Waals surface area contributed by atoms with Crippen molar-refractivity contribution < 1.29 is 4.79 Å². The van der Waals surface area contributed by atoms with E-state index in [0.717, 1.165) is 32.1 Å². The zero-order valence-corrected chi connectivity index (χ0v) is 12.5. The van der Waals surface area contributed by atoms with Crippen LogP contribution in [0, 0.1) is 5.92 Å². The molecule has 0 aromatic heterocycles. The van der Waals surface area contributed by atoms with Crippen molar-refractivity contribution in [1.29, 1.82) is 0 Å². The molecule has 1 aliphatic carbocycles. The van der Waals surface area contributed by atoms with Gasteiger partial charge < -0.3 is 10.6 Å². The highest BCUT2D eigenvalue weighted by Gasteiger charge is 2.30. The van der Waals surface area contributed by atoms with Gasteiger partial charge in [-0.05, 0) is 71.1 Å². The van der Waals surface area contributed by atoms with Crippen molar-refractivity contribution in [2.45, 2.75) is 58.0 Å². The maximum atomic E-state index is 12.0. The van der Waals surface area contributed by atoms with Crippen LogP contribution in [0.1, 0.15) is 46.0 Å². The second-order valence-corrected chi connectivity index (χ2v) is 6.14. The summed E-state index contributed by atoms with van der Waals surface area (Å²) in [5, 5.41) is 6.62. The van der Waals surface area contributed by atoms with Crippen LogP contribution in [0.5, 0.6) is 0 Å². The van der Waals surface area contributed by atoms with Crippen molar-refractivity contribution in [2.75, 3.05) is 26.2 Å². The molecule has 2 aliphatic rings. The van der Waals surface area contributed by atoms with Crippen LogP contribution in [-0.2, 0) is 4.79 Å². The van der Waals surface area contributed by atoms with E-state index < -0.39 is 0 Å². The summed E-state index contributed by atoms with van der Waals surface area (Å²) in [4.78, 5) is 14.4. The molecule has 1 aliphatic heterocycles. The molecule has 2 rings (SSSR count). The van der Waals surface area contributed by atoms with Crippen LogP contribution in [0.15, 0.2) is 0 Å². The molecule has 1 atom stereocenters. The Bertz CT molecular complexity index is 283. The molecule has 0 spiro atoms. The number of amides is 1. The van der Waals surface area contributed by atoms with Gasteiger partial charge in [-0.1, -0.05) is 6.92 Å². The molecule has 0 bridgehead atoms. The number of likely N-dealkylation sites (tertiary alicyclic amines) is 1. The first-order valence-corrected chi connectivity index (χ1v) is 7.95. The Labute approximate surface area is 117 Å². The minimum atomic E-state index is 0.0464. The normalized spacial score (nSPS) is 23.3. The molecular formula is C15H29N3O. The Hall–Kier alpha value is -0.610. The molecule has 4 heteroatoms. The summed E-state index contributed by atoms with van der Waals surface area (Å²) in [6.45, 7) is 8.66. The van der Waals surface area contributed by atoms with Crippen LogP contribution >= 0.6 is 0 Å². The highest BCUT2D eigenvalue weighted by Crippen LogP contribution is 2.21. The second kappa shape index (κ2) is 7.25. The maximum absolute atomic E-state index is 12.0. The number of nitrogens with zero attached hydrogens (tertiary/aromatic N) is 1. The lowest BCUT2D eigenvalue weighted by Crippen LogP contribution is -2.49. The molecule has 0 aromatic carbocycles. The zero-order valence-electron chi connectivity index (χ0n) is 12.5. The number of rotatable bonds is 7. The molecule has 1 amide bonds. The first-order chi connectivity index (χ1) is 9.20. The van der Waals surface area contributed by atoms with Gasteiger partial charge in [0.1, 0.15) is 0 Å². The van der Waals surface area contributed by atoms with Crippen LogP contribution in [-0.4, -0.2) is 49.1 Å². The molecule has 19 heavy (non-hydrogen) atoms. The molecular weight excluding hydrogens is 238 g/mol. The third kappa shape index (κ3) is 4.77. The zero-order chi connectivity index (χ0) is 13.7. The van der Waals surface area contributed by atoms with Gasteiger partial charge in [-0.25, -0.2) is 0 Å². The summed E-state index contributed by atoms with van der Waals surface area (Å²) in [5.41, 5.74) is 0. The van der Waals surface area contributed by atoms with E-state index >= 15 is 0 Å². The average Bonchev–Trinajstić information content (AvgIpc) is 3.23. The first kappa shape index (κ1) is 14.8. The monoisotopic (exact) mass is 267 g/mol. The lowest BCUT2D eigenvalue weighted by Gasteiger charge is -2.35. The van der Waals surface area contributed by atoms with E-state index in [-0.39, 0.29) is 11.9 Å². The number of carbonyl (C=O) groups excluding carboxylic acids is 1. The van der Waals surface area contributed by atoms with Gasteiger partial charge in [0.25, 0.3) is 0 Å². The van der Waals surface area contributed by atoms with Gasteiger partial charge in [-0.3, -0.25) is 9.69 Å². The first-order valence-electron chi connectivity index (χ1n) is 7.95. The fourth-order valence-electron chi connectivity index (χ4n) is 2.74. The predicted octanol–water partition coefficient (Wildman–Crippen LogP) is 1.37. The van der Waals surface area contributed by atoms with E-state index in [9.17, 15) is 4.79 Å². The Morgan fingerprint density at radius 1 is 1.26 bits per heavy atom. The lowest BCUT2D eigenvalue weighted by atomic mass is 9.95. The maximum Gasteiger partial charge on any atom is 0.237 e. The number of hydrogen-bond acceptors (Lipinski definition) is 3. The van der Waals surface area contributed by atoms with E-state index in [4.69, 9.17) is 0 Å². The summed E-state index contributed by atoms with van der Waals surface area (Å²) in [5.74, 6) is 1.02. The summed E-state index contributed by atoms with van der Waals surface area (Å²) in [6.07, 6.45) is 5.99. The van der Waals surface area contributed by atoms with E-state index in [1.807, 2.05) is 6.92 Å². The summed E-state index contributed by atoms with van der Waals surface area (Å²) in [6, 6.07) is 0.524. The van der Waals surface area contributed by atoms with Crippen molar-refractivity contribution in [3.8, 4) is 0 Å². The summed E-state index contributed by atoms with van der Waals surface area (Å²) in [7, 11) is 0. The molecule has 0 radical (unpaired) electrons. The van der Waals surface area contributed by atoms with Gasteiger partial charge in [0.2, 0.25) is 5.91 Å². The Morgan fingerprint density at radius 2 is 1.95 bits per heavy atom. The highest BCUT2D eigenvalue weighted by molar-refractivity contribution is 5.81. The summed E-state index contributed by atoms with van der Waals surface area (Å²) < 4.78 is 0. The van der Waals surface area contributed by atoms with Crippen molar-refractivity contribution in [2.24, 2.45) is 5.92 Å². The van der Waals surface area contributed by atoms with E-state index in [0.29, 0.717) is 6.04 Å². The third-order valence-electron chi connectivity index (χ3n) is 4.36. The fraction of sp³-hybridized carbons (Fsp3) is 0.933. The van der Waals surface area contributed by atoms with Gasteiger partial charge in [0.15, 0.2) is 0 Å². The molecule has 1 unspecified atom stereocenters. The third-order valence-corrected chi connectivity index (χ3v) is 4.36. The quantitative estimate of drug-likeness (QED) is 0.685. The van der Waals surface area contributed by atoms with Crippen molar-refractivity contribution in [3.05, 3.63) is 0 Å². The van der Waals surface area contributed by atoms with Crippen molar-refractivity contribution >= 4 is 5.91 Å². The molecule has 2 N–H and O–H groups in total. The number of nitrogens with one attached hydrogen (secondary N) is 2. The Morgan fingerprint density at radius 3 is 2.53 bits per heavy atom. The second-order valence-electron chi connectivity index (χ2n) is 6.14. The summed E-state index contributed by atoms with van der Waals surface area (Å²) >= 11 is 0. The molecule has 110 valence electrons. The van der Waals surface area contributed by atoms with Crippen molar-refractivity contribution in [3.63, 3.8) is 0 Å². The predicted molar refractivity (Wildman–Crippen MR) is 78.1 cm³/mol. The van der Waals surface area contributed by atoms with Gasteiger partial charge in [0.05, 0.1) is 6.04 Å². The SMILES string of the molecule is CCCNCC1CCN(C(C)C(=O)NC2CC2)CC1. The van der Waals surface area contributed by atoms with E-state index in [2.05, 4.69) is 22.5 Å². The minimum absolute atomic E-state index is 0.0464. The fourth-order valence-corrected chi connectivity index (χ4v) is 2.74. The number of carbonyl (C=O) groups is 1. The lowest BCUT2D eigenvalue weighted by molar-refractivity contribution is -0.126. The van der Waals surface area contributed by atoms with E-state index in [1.54, 1.807) is 0 Å². The van der Waals surface area contributed by atoms with E-state index in [1.165, 1.54) is 32.1 Å². The van der Waals surface area contributed by atoms with Crippen LogP contribution in [0.3, 0.4) is 0 Å². The van der Waals surface area contributed by atoms with Crippen LogP contribution in [0.2, 0.25) is 0 Å². The minimum Gasteiger partial charge on any atom is -0.352 e. The average molecular weight is 267 g/mol. The molecule has 1 saturated heterocycles. The van der Waals surface area contributed by atoms with Gasteiger partial charge >= 0.3 is 0 Å². The number of piperidine rings is 1. The topological polar surface area (TPSA) is 44.4 Å². The number of hydrogen-bond donors (Lipinski definition) is 2. The molecule has 0 aromatic rings. The van der Waals surface area contributed by atoms with Crippen LogP contribution in [0.25, 0.3) is 0 Å². The molecule has 1 saturated carbocycles. The van der Waals surface area contributed by atoms with Gasteiger partial charge in [-0.2, -0.15) is 0 Å². The smallest absolute Gasteiger partial charge is 0.237 e. The molecule has 1 heterocycles. The standard InChI is InChI=1S/C15H29N3O/c1-3-8-16-11-13-6-9-18(10-7-13)12(2)15(19)17-14-4-5-14/h12-14,16H,3-11H2,1-2H3,(H,17,19). The Kier molecular flexibility index (Phi) is 5.64. The molecule has 2 fully saturated rings. The van der Waals surface area contributed by atoms with Crippen molar-refractivity contribution in [1.82, 2.24) is 15.5 Å². The van der Waals surface area contributed by atoms with Gasteiger partial charge in [-0.15, -0.1) is 0 Å². The van der Waals surface area contributed by atoms with Gasteiger partial charge in [0, 0.05) is 6.04 Å².